The summed E-state index contributed by atoms with van der Waals surface area (Å²) >= 11 is 6.25. The van der Waals surface area contributed by atoms with Crippen LogP contribution in [0.15, 0.2) is 18.2 Å². The van der Waals surface area contributed by atoms with Crippen LogP contribution in [0.3, 0.4) is 0 Å². The maximum Gasteiger partial charge on any atom is 0.337 e. The molecule has 1 fully saturated rings. The highest BCUT2D eigenvalue weighted by molar-refractivity contribution is 7.89. The molecule has 1 aromatic carbocycles. The second kappa shape index (κ2) is 8.18. The Morgan fingerprint density at radius 2 is 1.92 bits per heavy atom. The van der Waals surface area contributed by atoms with Crippen LogP contribution in [0, 0.1) is 0 Å². The molecule has 134 valence electrons. The summed E-state index contributed by atoms with van der Waals surface area (Å²) in [6.45, 7) is 3.89. The zero-order valence-electron chi connectivity index (χ0n) is 14.0. The molecule has 0 N–H and O–H groups in total. The van der Waals surface area contributed by atoms with Gasteiger partial charge < -0.3 is 9.64 Å². The molecule has 1 aliphatic heterocycles. The summed E-state index contributed by atoms with van der Waals surface area (Å²) < 4.78 is 30.8. The van der Waals surface area contributed by atoms with Gasteiger partial charge in [-0.15, -0.1) is 0 Å². The normalized spacial score (nSPS) is 16.2. The minimum atomic E-state index is -3.19. The van der Waals surface area contributed by atoms with Gasteiger partial charge in [-0.25, -0.2) is 13.2 Å². The molecule has 2 rings (SSSR count). The monoisotopic (exact) mass is 374 g/mol. The fourth-order valence-corrected chi connectivity index (χ4v) is 4.53. The summed E-state index contributed by atoms with van der Waals surface area (Å²) in [6, 6.07) is 4.96. The van der Waals surface area contributed by atoms with E-state index in [2.05, 4.69) is 0 Å². The van der Waals surface area contributed by atoms with E-state index in [-0.39, 0.29) is 5.75 Å². The van der Waals surface area contributed by atoms with Gasteiger partial charge in [0.1, 0.15) is 0 Å². The van der Waals surface area contributed by atoms with E-state index < -0.39 is 16.0 Å². The van der Waals surface area contributed by atoms with Crippen LogP contribution in [-0.2, 0) is 14.8 Å². The molecular formula is C16H23ClN2O4S. The summed E-state index contributed by atoms with van der Waals surface area (Å²) in [7, 11) is -1.86. The third-order valence-corrected chi connectivity index (χ3v) is 6.37. The first kappa shape index (κ1) is 19.0. The predicted molar refractivity (Wildman–Crippen MR) is 95.3 cm³/mol. The van der Waals surface area contributed by atoms with Crippen LogP contribution in [-0.4, -0.2) is 57.7 Å². The Bertz CT molecular complexity index is 685. The van der Waals surface area contributed by atoms with Crippen molar-refractivity contribution in [2.24, 2.45) is 0 Å². The summed E-state index contributed by atoms with van der Waals surface area (Å²) in [4.78, 5) is 13.7. The first-order chi connectivity index (χ1) is 11.4. The Labute approximate surface area is 148 Å². The Morgan fingerprint density at radius 3 is 2.50 bits per heavy atom. The number of hydrogen-bond donors (Lipinski definition) is 0. The largest absolute Gasteiger partial charge is 0.465 e. The number of hydrogen-bond acceptors (Lipinski definition) is 5. The van der Waals surface area contributed by atoms with Crippen LogP contribution in [0.5, 0.6) is 0 Å². The molecule has 1 aliphatic rings. The second-order valence-electron chi connectivity index (χ2n) is 5.71. The van der Waals surface area contributed by atoms with E-state index >= 15 is 0 Å². The van der Waals surface area contributed by atoms with Crippen LogP contribution in [0.2, 0.25) is 5.02 Å². The van der Waals surface area contributed by atoms with Crippen LogP contribution in [0.1, 0.15) is 30.1 Å². The topological polar surface area (TPSA) is 66.9 Å². The number of esters is 1. The number of methoxy groups -OCH3 is 1. The smallest absolute Gasteiger partial charge is 0.337 e. The number of unbranched alkanes of at least 4 members (excludes halogenated alkanes) is 1. The van der Waals surface area contributed by atoms with Crippen molar-refractivity contribution in [1.29, 1.82) is 0 Å². The van der Waals surface area contributed by atoms with Crippen molar-refractivity contribution in [2.75, 3.05) is 43.9 Å². The minimum Gasteiger partial charge on any atom is -0.465 e. The lowest BCUT2D eigenvalue weighted by Gasteiger charge is -2.36. The fraction of sp³-hybridized carbons (Fsp3) is 0.562. The van der Waals surface area contributed by atoms with E-state index in [0.29, 0.717) is 43.2 Å². The Balaban J connectivity index is 2.08. The van der Waals surface area contributed by atoms with E-state index in [1.54, 1.807) is 18.2 Å². The van der Waals surface area contributed by atoms with E-state index in [4.69, 9.17) is 16.3 Å². The number of anilines is 1. The lowest BCUT2D eigenvalue weighted by Crippen LogP contribution is -2.49. The van der Waals surface area contributed by atoms with Crippen LogP contribution in [0.4, 0.5) is 5.69 Å². The van der Waals surface area contributed by atoms with Gasteiger partial charge in [-0.2, -0.15) is 4.31 Å². The van der Waals surface area contributed by atoms with Crippen molar-refractivity contribution in [2.45, 2.75) is 19.8 Å². The van der Waals surface area contributed by atoms with Gasteiger partial charge >= 0.3 is 5.97 Å². The fourth-order valence-electron chi connectivity index (χ4n) is 2.66. The van der Waals surface area contributed by atoms with Crippen molar-refractivity contribution in [1.82, 2.24) is 4.31 Å². The molecule has 0 radical (unpaired) electrons. The number of piperazine rings is 1. The number of halogens is 1. The highest BCUT2D eigenvalue weighted by Gasteiger charge is 2.27. The highest BCUT2D eigenvalue weighted by Crippen LogP contribution is 2.28. The van der Waals surface area contributed by atoms with Gasteiger partial charge in [0.2, 0.25) is 10.0 Å². The molecule has 0 aliphatic carbocycles. The standard InChI is InChI=1S/C16H23ClN2O4S/c1-3-4-11-24(21,22)19-9-7-18(8-10-19)15-12-13(16(20)23-2)5-6-14(15)17/h5-6,12H,3-4,7-11H2,1-2H3. The van der Waals surface area contributed by atoms with Crippen LogP contribution >= 0.6 is 11.6 Å². The molecular weight excluding hydrogens is 352 g/mol. The van der Waals surface area contributed by atoms with Crippen LogP contribution < -0.4 is 4.90 Å². The number of benzene rings is 1. The quantitative estimate of drug-likeness (QED) is 0.715. The highest BCUT2D eigenvalue weighted by atomic mass is 35.5. The molecule has 1 aromatic rings. The summed E-state index contributed by atoms with van der Waals surface area (Å²) in [5, 5.41) is 0.532. The average Bonchev–Trinajstić information content (AvgIpc) is 2.60. The van der Waals surface area contributed by atoms with E-state index in [1.807, 2.05) is 11.8 Å². The number of rotatable bonds is 6. The summed E-state index contributed by atoms with van der Waals surface area (Å²) in [5.41, 5.74) is 1.15. The molecule has 0 bridgehead atoms. The number of carbonyl (C=O) groups is 1. The van der Waals surface area contributed by atoms with E-state index in [9.17, 15) is 13.2 Å². The number of ether oxygens (including phenoxy) is 1. The molecule has 1 saturated heterocycles. The Morgan fingerprint density at radius 1 is 1.25 bits per heavy atom. The average molecular weight is 375 g/mol. The second-order valence-corrected chi connectivity index (χ2v) is 8.21. The van der Waals surface area contributed by atoms with Crippen molar-refractivity contribution in [3.8, 4) is 0 Å². The molecule has 0 amide bonds. The maximum atomic E-state index is 12.3. The van der Waals surface area contributed by atoms with Gasteiger partial charge in [-0.1, -0.05) is 24.9 Å². The first-order valence-electron chi connectivity index (χ1n) is 7.99. The zero-order valence-corrected chi connectivity index (χ0v) is 15.6. The van der Waals surface area contributed by atoms with Crippen LogP contribution in [0.25, 0.3) is 0 Å². The van der Waals surface area contributed by atoms with Gasteiger partial charge in [0.15, 0.2) is 0 Å². The number of sulfonamides is 1. The predicted octanol–water partition coefficient (Wildman–Crippen LogP) is 2.38. The molecule has 0 atom stereocenters. The minimum absolute atomic E-state index is 0.197. The van der Waals surface area contributed by atoms with E-state index in [1.165, 1.54) is 11.4 Å². The van der Waals surface area contributed by atoms with Crippen molar-refractivity contribution >= 4 is 33.3 Å². The Kier molecular flexibility index (Phi) is 6.48. The zero-order chi connectivity index (χ0) is 17.7. The summed E-state index contributed by atoms with van der Waals surface area (Å²) in [5.74, 6) is -0.226. The van der Waals surface area contributed by atoms with Gasteiger partial charge in [-0.3, -0.25) is 0 Å². The Hall–Kier alpha value is -1.31. The maximum absolute atomic E-state index is 12.3. The first-order valence-corrected chi connectivity index (χ1v) is 9.98. The molecule has 24 heavy (non-hydrogen) atoms. The number of carbonyl (C=O) groups excluding carboxylic acids is 1. The third-order valence-electron chi connectivity index (χ3n) is 4.10. The van der Waals surface area contributed by atoms with Gasteiger partial charge in [0, 0.05) is 26.2 Å². The molecule has 6 nitrogen and oxygen atoms in total. The molecule has 0 unspecified atom stereocenters. The molecule has 0 saturated carbocycles. The van der Waals surface area contributed by atoms with Gasteiger partial charge in [0.25, 0.3) is 0 Å². The lowest BCUT2D eigenvalue weighted by molar-refractivity contribution is 0.0601. The van der Waals surface area contributed by atoms with Crippen molar-refractivity contribution < 1.29 is 17.9 Å². The third kappa shape index (κ3) is 4.40. The number of nitrogens with zero attached hydrogens (tertiary/aromatic N) is 2. The molecule has 0 spiro atoms. The van der Waals surface area contributed by atoms with Gasteiger partial charge in [0.05, 0.1) is 29.1 Å². The molecule has 0 aromatic heterocycles. The van der Waals surface area contributed by atoms with Crippen molar-refractivity contribution in [3.05, 3.63) is 28.8 Å². The SMILES string of the molecule is CCCCS(=O)(=O)N1CCN(c2cc(C(=O)OC)ccc2Cl)CC1. The summed E-state index contributed by atoms with van der Waals surface area (Å²) in [6.07, 6.45) is 1.53. The molecule has 8 heteroatoms. The van der Waals surface area contributed by atoms with Gasteiger partial charge in [-0.05, 0) is 24.6 Å². The lowest BCUT2D eigenvalue weighted by atomic mass is 10.1. The van der Waals surface area contributed by atoms with Crippen molar-refractivity contribution in [3.63, 3.8) is 0 Å². The van der Waals surface area contributed by atoms with E-state index in [0.717, 1.165) is 12.1 Å². The molecule has 1 heterocycles.